The molecular formula is C23H28F3N5O6. The summed E-state index contributed by atoms with van der Waals surface area (Å²) in [6.45, 7) is 0.872. The molecule has 2 amide bonds. The highest BCUT2D eigenvalue weighted by Gasteiger charge is 2.47. The lowest BCUT2D eigenvalue weighted by atomic mass is 10.0. The van der Waals surface area contributed by atoms with E-state index in [1.807, 2.05) is 6.92 Å². The van der Waals surface area contributed by atoms with Crippen molar-refractivity contribution in [2.75, 3.05) is 37.7 Å². The third-order valence-electron chi connectivity index (χ3n) is 6.49. The van der Waals surface area contributed by atoms with Gasteiger partial charge in [0.05, 0.1) is 36.8 Å². The smallest absolute Gasteiger partial charge is 0.409 e. The van der Waals surface area contributed by atoms with Gasteiger partial charge in [-0.15, -0.1) is 0 Å². The van der Waals surface area contributed by atoms with E-state index in [4.69, 9.17) is 4.74 Å². The molecule has 0 bridgehead atoms. The number of likely N-dealkylation sites (tertiary alicyclic amines) is 1. The molecule has 0 spiro atoms. The molecule has 0 saturated carbocycles. The first-order valence-corrected chi connectivity index (χ1v) is 11.9. The molecule has 202 valence electrons. The average molecular weight is 528 g/mol. The number of rotatable bonds is 6. The number of pyridine rings is 2. The molecule has 1 unspecified atom stereocenters. The van der Waals surface area contributed by atoms with Crippen molar-refractivity contribution in [2.45, 2.75) is 50.4 Å². The van der Waals surface area contributed by atoms with Gasteiger partial charge >= 0.3 is 6.09 Å². The van der Waals surface area contributed by atoms with E-state index < -0.39 is 59.5 Å². The number of anilines is 1. The van der Waals surface area contributed by atoms with Crippen LogP contribution < -0.4 is 15.6 Å². The van der Waals surface area contributed by atoms with Crippen LogP contribution in [0.15, 0.2) is 17.1 Å². The van der Waals surface area contributed by atoms with Crippen LogP contribution >= 0.6 is 0 Å². The first-order chi connectivity index (χ1) is 17.5. The van der Waals surface area contributed by atoms with Gasteiger partial charge in [0, 0.05) is 25.8 Å². The van der Waals surface area contributed by atoms with Crippen LogP contribution in [0, 0.1) is 5.82 Å². The summed E-state index contributed by atoms with van der Waals surface area (Å²) in [4.78, 5) is 46.5. The maximum Gasteiger partial charge on any atom is 0.409 e. The molecule has 4 heterocycles. The van der Waals surface area contributed by atoms with Crippen molar-refractivity contribution in [3.63, 3.8) is 0 Å². The van der Waals surface area contributed by atoms with Crippen LogP contribution in [0.3, 0.4) is 0 Å². The molecule has 2 fully saturated rings. The second kappa shape index (κ2) is 10.5. The van der Waals surface area contributed by atoms with Gasteiger partial charge in [-0.25, -0.2) is 22.9 Å². The minimum atomic E-state index is -3.48. The SMILES string of the molecule is CCCCOC(=O)N1CCC(NC(=O)c2c[nH]c3nc(N4C[C@@H](O)[C@H](O)C4)c(F)cc3c2=O)C(F)(F)C1. The molecule has 2 aromatic rings. The predicted molar refractivity (Wildman–Crippen MR) is 125 cm³/mol. The number of hydrogen-bond donors (Lipinski definition) is 4. The van der Waals surface area contributed by atoms with Crippen molar-refractivity contribution in [1.82, 2.24) is 20.2 Å². The highest BCUT2D eigenvalue weighted by atomic mass is 19.3. The Balaban J connectivity index is 1.48. The van der Waals surface area contributed by atoms with E-state index in [1.165, 1.54) is 4.90 Å². The fraction of sp³-hybridized carbons (Fsp3) is 0.565. The molecule has 4 N–H and O–H groups in total. The van der Waals surface area contributed by atoms with Gasteiger partial charge in [0.15, 0.2) is 11.6 Å². The number of fused-ring (bicyclic) bond motifs is 1. The van der Waals surface area contributed by atoms with Gasteiger partial charge in [-0.3, -0.25) is 9.59 Å². The third kappa shape index (κ3) is 5.49. The molecule has 2 aliphatic heterocycles. The lowest BCUT2D eigenvalue weighted by Gasteiger charge is -2.37. The number of aromatic amines is 1. The molecule has 2 aliphatic rings. The zero-order chi connectivity index (χ0) is 26.9. The highest BCUT2D eigenvalue weighted by Crippen LogP contribution is 2.28. The zero-order valence-electron chi connectivity index (χ0n) is 20.0. The number of hydrogen-bond acceptors (Lipinski definition) is 8. The number of piperidine rings is 1. The predicted octanol–water partition coefficient (Wildman–Crippen LogP) is 0.980. The van der Waals surface area contributed by atoms with Gasteiger partial charge in [-0.2, -0.15) is 0 Å². The molecule has 4 rings (SSSR count). The number of aliphatic hydroxyl groups excluding tert-OH is 2. The number of nitrogens with one attached hydrogen (secondary N) is 2. The Morgan fingerprint density at radius 3 is 2.65 bits per heavy atom. The normalized spacial score (nSPS) is 23.4. The summed E-state index contributed by atoms with van der Waals surface area (Å²) < 4.78 is 49.2. The van der Waals surface area contributed by atoms with Crippen molar-refractivity contribution in [2.24, 2.45) is 0 Å². The molecule has 3 atom stereocenters. The molecule has 14 heteroatoms. The summed E-state index contributed by atoms with van der Waals surface area (Å²) in [6, 6.07) is -0.776. The quantitative estimate of drug-likeness (QED) is 0.407. The first kappa shape index (κ1) is 26.7. The number of aliphatic hydroxyl groups is 2. The number of ether oxygens (including phenoxy) is 1. The Labute approximate surface area is 209 Å². The van der Waals surface area contributed by atoms with E-state index in [2.05, 4.69) is 15.3 Å². The van der Waals surface area contributed by atoms with Crippen LogP contribution in [0.25, 0.3) is 11.0 Å². The second-order valence-electron chi connectivity index (χ2n) is 9.23. The molecule has 0 radical (unpaired) electrons. The Morgan fingerprint density at radius 1 is 1.30 bits per heavy atom. The maximum absolute atomic E-state index is 14.8. The Bertz CT molecular complexity index is 1230. The number of H-pyrrole nitrogens is 1. The van der Waals surface area contributed by atoms with Crippen molar-refractivity contribution in [3.05, 3.63) is 33.9 Å². The molecule has 0 aliphatic carbocycles. The van der Waals surface area contributed by atoms with Crippen LogP contribution in [-0.2, 0) is 4.74 Å². The molecular weight excluding hydrogens is 499 g/mol. The van der Waals surface area contributed by atoms with E-state index in [9.17, 15) is 37.8 Å². The average Bonchev–Trinajstić information content (AvgIpc) is 3.18. The van der Waals surface area contributed by atoms with Crippen LogP contribution in [-0.4, -0.2) is 94.0 Å². The van der Waals surface area contributed by atoms with E-state index >= 15 is 0 Å². The van der Waals surface area contributed by atoms with Crippen LogP contribution in [0.2, 0.25) is 0 Å². The van der Waals surface area contributed by atoms with Crippen LogP contribution in [0.1, 0.15) is 36.5 Å². The van der Waals surface area contributed by atoms with E-state index in [-0.39, 0.29) is 49.5 Å². The highest BCUT2D eigenvalue weighted by molar-refractivity contribution is 5.97. The Morgan fingerprint density at radius 2 is 2.00 bits per heavy atom. The number of alkyl halides is 2. The number of nitrogens with zero attached hydrogens (tertiary/aromatic N) is 3. The molecule has 11 nitrogen and oxygen atoms in total. The van der Waals surface area contributed by atoms with Crippen LogP contribution in [0.5, 0.6) is 0 Å². The fourth-order valence-corrected chi connectivity index (χ4v) is 4.35. The number of carbonyl (C=O) groups excluding carboxylic acids is 2. The Kier molecular flexibility index (Phi) is 7.59. The van der Waals surface area contributed by atoms with E-state index in [1.54, 1.807) is 0 Å². The summed E-state index contributed by atoms with van der Waals surface area (Å²) in [7, 11) is 0. The number of aromatic nitrogens is 2. The fourth-order valence-electron chi connectivity index (χ4n) is 4.35. The van der Waals surface area contributed by atoms with Crippen LogP contribution in [0.4, 0.5) is 23.8 Å². The van der Waals surface area contributed by atoms with Gasteiger partial charge in [0.1, 0.15) is 11.2 Å². The topological polar surface area (TPSA) is 148 Å². The number of carbonyl (C=O) groups is 2. The van der Waals surface area contributed by atoms with Crippen molar-refractivity contribution >= 4 is 28.9 Å². The molecule has 37 heavy (non-hydrogen) atoms. The summed E-state index contributed by atoms with van der Waals surface area (Å²) in [5.74, 6) is -5.67. The van der Waals surface area contributed by atoms with Crippen molar-refractivity contribution in [1.29, 1.82) is 0 Å². The summed E-state index contributed by atoms with van der Waals surface area (Å²) in [5.41, 5.74) is -1.48. The lowest BCUT2D eigenvalue weighted by Crippen LogP contribution is -2.59. The minimum Gasteiger partial charge on any atom is -0.449 e. The van der Waals surface area contributed by atoms with Gasteiger partial charge in [-0.1, -0.05) is 13.3 Å². The molecule has 2 aromatic heterocycles. The molecule has 2 saturated heterocycles. The van der Waals surface area contributed by atoms with Gasteiger partial charge in [-0.05, 0) is 18.9 Å². The largest absolute Gasteiger partial charge is 0.449 e. The second-order valence-corrected chi connectivity index (χ2v) is 9.23. The monoisotopic (exact) mass is 527 g/mol. The number of unbranched alkanes of at least 4 members (excludes halogenated alkanes) is 1. The van der Waals surface area contributed by atoms with E-state index in [0.29, 0.717) is 6.42 Å². The lowest BCUT2D eigenvalue weighted by molar-refractivity contribution is -0.0833. The van der Waals surface area contributed by atoms with Crippen molar-refractivity contribution in [3.8, 4) is 0 Å². The minimum absolute atomic E-state index is 0.0611. The first-order valence-electron chi connectivity index (χ1n) is 11.9. The van der Waals surface area contributed by atoms with Gasteiger partial charge in [0.25, 0.3) is 11.8 Å². The number of halogens is 3. The molecule has 0 aromatic carbocycles. The van der Waals surface area contributed by atoms with E-state index in [0.717, 1.165) is 23.6 Å². The standard InChI is InChI=1S/C23H28F3N5O6/c1-2-3-6-37-22(36)30-5-4-17(23(25,26)11-30)28-21(35)13-8-27-19-12(18(13)34)7-14(24)20(29-19)31-9-15(32)16(33)10-31/h7-8,15-17,32-33H,2-6,9-11H2,1H3,(H,28,35)(H,27,29,34)/t15-,16-,17?/m1/s1. The maximum atomic E-state index is 14.8. The third-order valence-corrected chi connectivity index (χ3v) is 6.49. The van der Waals surface area contributed by atoms with Crippen molar-refractivity contribution < 1.29 is 37.7 Å². The summed E-state index contributed by atoms with van der Waals surface area (Å²) >= 11 is 0. The summed E-state index contributed by atoms with van der Waals surface area (Å²) in [6.07, 6.45) is -0.892. The Hall–Kier alpha value is -3.39. The number of β-amino-alcohol motifs (C(OH)–C–C–N with tert-alkyl or cyclic N) is 2. The van der Waals surface area contributed by atoms with Gasteiger partial charge < -0.3 is 35.1 Å². The number of amides is 2. The summed E-state index contributed by atoms with van der Waals surface area (Å²) in [5, 5.41) is 21.3. The van der Waals surface area contributed by atoms with Gasteiger partial charge in [0.2, 0.25) is 5.43 Å². The zero-order valence-corrected chi connectivity index (χ0v) is 20.0.